The van der Waals surface area contributed by atoms with E-state index in [0.29, 0.717) is 50.0 Å². The first-order valence-corrected chi connectivity index (χ1v) is 13.8. The fourth-order valence-corrected chi connectivity index (χ4v) is 5.30. The molecule has 0 aliphatic carbocycles. The summed E-state index contributed by atoms with van der Waals surface area (Å²) in [7, 11) is 0. The van der Waals surface area contributed by atoms with Crippen molar-refractivity contribution in [2.24, 2.45) is 0 Å². The average molecular weight is 626 g/mol. The third-order valence-electron chi connectivity index (χ3n) is 5.34. The lowest BCUT2D eigenvalue weighted by molar-refractivity contribution is -0.127. The number of anilines is 1. The molecule has 0 radical (unpaired) electrons. The van der Waals surface area contributed by atoms with Crippen LogP contribution in [0.3, 0.4) is 0 Å². The molecule has 4 rings (SSSR count). The average Bonchev–Trinajstić information content (AvgIpc) is 3.13. The largest absolute Gasteiger partial charge is 0.490 e. The maximum atomic E-state index is 13.0. The number of benzene rings is 3. The van der Waals surface area contributed by atoms with Crippen LogP contribution in [-0.4, -0.2) is 35.1 Å². The van der Waals surface area contributed by atoms with Crippen LogP contribution in [0.15, 0.2) is 59.5 Å². The molecule has 0 unspecified atom stereocenters. The van der Waals surface area contributed by atoms with E-state index in [-0.39, 0.29) is 16.5 Å². The van der Waals surface area contributed by atoms with E-state index in [1.54, 1.807) is 61.5 Å². The Morgan fingerprint density at radius 1 is 0.974 bits per heavy atom. The monoisotopic (exact) mass is 624 g/mol. The van der Waals surface area contributed by atoms with Crippen LogP contribution in [-0.2, 0) is 16.2 Å². The Kier molecular flexibility index (Phi) is 9.69. The van der Waals surface area contributed by atoms with Crippen molar-refractivity contribution in [1.82, 2.24) is 4.90 Å². The molecule has 12 heteroatoms. The Bertz CT molecular complexity index is 1480. The summed E-state index contributed by atoms with van der Waals surface area (Å²) in [5.74, 6) is -0.521. The van der Waals surface area contributed by atoms with Gasteiger partial charge in [0.05, 0.1) is 27.2 Å². The lowest BCUT2D eigenvalue weighted by Crippen LogP contribution is -2.36. The third kappa shape index (κ3) is 7.21. The van der Waals surface area contributed by atoms with Gasteiger partial charge in [-0.1, -0.05) is 64.6 Å². The highest BCUT2D eigenvalue weighted by Crippen LogP contribution is 2.40. The number of nitrogens with zero attached hydrogens (tertiary/aromatic N) is 1. The van der Waals surface area contributed by atoms with Crippen LogP contribution >= 0.6 is 58.2 Å². The maximum absolute atomic E-state index is 13.0. The van der Waals surface area contributed by atoms with Crippen LogP contribution in [0.25, 0.3) is 6.08 Å². The maximum Gasteiger partial charge on any atom is 0.294 e. The van der Waals surface area contributed by atoms with Crippen molar-refractivity contribution >= 4 is 87.0 Å². The zero-order valence-corrected chi connectivity index (χ0v) is 24.1. The van der Waals surface area contributed by atoms with Crippen molar-refractivity contribution in [3.05, 3.63) is 90.7 Å². The van der Waals surface area contributed by atoms with Crippen LogP contribution < -0.4 is 14.8 Å². The first-order valence-electron chi connectivity index (χ1n) is 11.5. The van der Waals surface area contributed by atoms with Gasteiger partial charge in [-0.05, 0) is 66.7 Å². The second-order valence-electron chi connectivity index (χ2n) is 8.08. The van der Waals surface area contributed by atoms with Crippen LogP contribution in [0.4, 0.5) is 10.5 Å². The van der Waals surface area contributed by atoms with Gasteiger partial charge in [0.25, 0.3) is 11.1 Å². The number of carbonyl (C=O) groups excluding carboxylic acids is 3. The second-order valence-corrected chi connectivity index (χ2v) is 10.7. The Hall–Kier alpha value is -2.88. The number of carbonyl (C=O) groups is 3. The summed E-state index contributed by atoms with van der Waals surface area (Å²) in [4.78, 5) is 38.9. The van der Waals surface area contributed by atoms with Crippen molar-refractivity contribution < 1.29 is 23.9 Å². The van der Waals surface area contributed by atoms with E-state index in [9.17, 15) is 14.4 Å². The Morgan fingerprint density at radius 2 is 1.74 bits per heavy atom. The SMILES string of the molecule is CCOc1cc(/C=C2/SC(=O)N(CC(=O)Nc3ccccc3Cl)C2=O)cc(Cl)c1OCc1ccc(Cl)cc1Cl. The molecule has 1 N–H and O–H groups in total. The Labute approximate surface area is 248 Å². The summed E-state index contributed by atoms with van der Waals surface area (Å²) in [6, 6.07) is 14.9. The predicted molar refractivity (Wildman–Crippen MR) is 156 cm³/mol. The molecule has 1 fully saturated rings. The molecule has 1 saturated heterocycles. The summed E-state index contributed by atoms with van der Waals surface area (Å²) in [5.41, 5.74) is 1.59. The van der Waals surface area contributed by atoms with Crippen LogP contribution in [0.2, 0.25) is 20.1 Å². The molecule has 1 aliphatic heterocycles. The summed E-state index contributed by atoms with van der Waals surface area (Å²) in [6.45, 7) is 1.79. The van der Waals surface area contributed by atoms with Gasteiger partial charge in [0.2, 0.25) is 5.91 Å². The number of hydrogen-bond donors (Lipinski definition) is 1. The van der Waals surface area contributed by atoms with Gasteiger partial charge >= 0.3 is 0 Å². The van der Waals surface area contributed by atoms with Crippen LogP contribution in [0.1, 0.15) is 18.1 Å². The zero-order valence-electron chi connectivity index (χ0n) is 20.3. The summed E-state index contributed by atoms with van der Waals surface area (Å²) in [5, 5.41) is 3.55. The number of para-hydroxylation sites is 1. The molecule has 0 bridgehead atoms. The number of ether oxygens (including phenoxy) is 2. The second kappa shape index (κ2) is 13.0. The summed E-state index contributed by atoms with van der Waals surface area (Å²) < 4.78 is 11.6. The van der Waals surface area contributed by atoms with Crippen LogP contribution in [0, 0.1) is 0 Å². The number of nitrogens with one attached hydrogen (secondary N) is 1. The van der Waals surface area contributed by atoms with E-state index in [1.807, 2.05) is 0 Å². The lowest BCUT2D eigenvalue weighted by atomic mass is 10.1. The molecule has 3 aromatic carbocycles. The van der Waals surface area contributed by atoms with E-state index in [0.717, 1.165) is 16.7 Å². The number of thioether (sulfide) groups is 1. The first-order chi connectivity index (χ1) is 18.7. The molecular weight excluding hydrogens is 606 g/mol. The molecule has 1 aliphatic rings. The number of halogens is 4. The smallest absolute Gasteiger partial charge is 0.294 e. The minimum Gasteiger partial charge on any atom is -0.490 e. The van der Waals surface area contributed by atoms with Gasteiger partial charge in [0, 0.05) is 15.6 Å². The highest BCUT2D eigenvalue weighted by Gasteiger charge is 2.36. The van der Waals surface area contributed by atoms with E-state index < -0.39 is 23.6 Å². The molecule has 7 nitrogen and oxygen atoms in total. The Morgan fingerprint density at radius 3 is 2.46 bits per heavy atom. The highest BCUT2D eigenvalue weighted by atomic mass is 35.5. The molecular formula is C27H20Cl4N2O5S. The van der Waals surface area contributed by atoms with Gasteiger partial charge in [-0.15, -0.1) is 0 Å². The van der Waals surface area contributed by atoms with Crippen molar-refractivity contribution in [2.45, 2.75) is 13.5 Å². The van der Waals surface area contributed by atoms with Gasteiger partial charge in [-0.2, -0.15) is 0 Å². The number of amides is 3. The van der Waals surface area contributed by atoms with Crippen molar-refractivity contribution in [1.29, 1.82) is 0 Å². The fourth-order valence-electron chi connectivity index (χ4n) is 3.55. The van der Waals surface area contributed by atoms with Gasteiger partial charge in [0.15, 0.2) is 11.5 Å². The molecule has 202 valence electrons. The topological polar surface area (TPSA) is 84.9 Å². The number of rotatable bonds is 9. The van der Waals surface area contributed by atoms with Crippen molar-refractivity contribution in [3.8, 4) is 11.5 Å². The standard InChI is InChI=1S/C27H20Cl4N2O5S/c1-2-37-22-10-15(9-20(31)25(22)38-14-16-7-8-17(28)12-19(16)30)11-23-26(35)33(27(36)39-23)13-24(34)32-21-6-4-3-5-18(21)29/h3-12H,2,13-14H2,1H3,(H,32,34)/b23-11+. The van der Waals surface area contributed by atoms with Gasteiger partial charge < -0.3 is 14.8 Å². The molecule has 1 heterocycles. The molecule has 39 heavy (non-hydrogen) atoms. The Balaban J connectivity index is 1.50. The van der Waals surface area contributed by atoms with E-state index >= 15 is 0 Å². The van der Waals surface area contributed by atoms with E-state index in [2.05, 4.69) is 5.32 Å². The number of hydrogen-bond acceptors (Lipinski definition) is 6. The van der Waals surface area contributed by atoms with Gasteiger partial charge in [-0.3, -0.25) is 19.3 Å². The van der Waals surface area contributed by atoms with E-state index in [1.165, 1.54) is 6.08 Å². The first kappa shape index (κ1) is 29.1. The van der Waals surface area contributed by atoms with Crippen molar-refractivity contribution in [2.75, 3.05) is 18.5 Å². The highest BCUT2D eigenvalue weighted by molar-refractivity contribution is 8.18. The molecule has 3 amide bonds. The van der Waals surface area contributed by atoms with Crippen molar-refractivity contribution in [3.63, 3.8) is 0 Å². The minimum atomic E-state index is -0.605. The quantitative estimate of drug-likeness (QED) is 0.243. The lowest BCUT2D eigenvalue weighted by Gasteiger charge is -2.15. The molecule has 3 aromatic rings. The summed E-state index contributed by atoms with van der Waals surface area (Å²) in [6.07, 6.45) is 1.51. The third-order valence-corrected chi connectivity index (χ3v) is 7.44. The summed E-state index contributed by atoms with van der Waals surface area (Å²) >= 11 is 25.5. The molecule has 0 spiro atoms. The zero-order chi connectivity index (χ0) is 28.1. The number of imide groups is 1. The van der Waals surface area contributed by atoms with E-state index in [4.69, 9.17) is 55.9 Å². The molecule has 0 saturated carbocycles. The van der Waals surface area contributed by atoms with Gasteiger partial charge in [0.1, 0.15) is 13.2 Å². The minimum absolute atomic E-state index is 0.115. The van der Waals surface area contributed by atoms with Gasteiger partial charge in [-0.25, -0.2) is 0 Å². The molecule has 0 atom stereocenters. The molecule has 0 aromatic heterocycles. The predicted octanol–water partition coefficient (Wildman–Crippen LogP) is 7.95. The fraction of sp³-hybridized carbons (Fsp3) is 0.148. The van der Waals surface area contributed by atoms with Crippen LogP contribution in [0.5, 0.6) is 11.5 Å². The normalized spacial score (nSPS) is 14.2.